The van der Waals surface area contributed by atoms with Gasteiger partial charge in [0.1, 0.15) is 5.82 Å². The fourth-order valence-electron chi connectivity index (χ4n) is 3.63. The number of anilines is 4. The first-order valence-corrected chi connectivity index (χ1v) is 9.75. The zero-order valence-electron chi connectivity index (χ0n) is 15.5. The van der Waals surface area contributed by atoms with Crippen LogP contribution in [-0.2, 0) is 9.53 Å². The summed E-state index contributed by atoms with van der Waals surface area (Å²) in [6, 6.07) is 12.3. The largest absolute Gasteiger partial charge is 0.381 e. The summed E-state index contributed by atoms with van der Waals surface area (Å²) in [6.45, 7) is 3.62. The third kappa shape index (κ3) is 4.57. The number of benzene rings is 1. The molecule has 27 heavy (non-hydrogen) atoms. The van der Waals surface area contributed by atoms with E-state index < -0.39 is 0 Å². The lowest BCUT2D eigenvalue weighted by Crippen LogP contribution is -2.28. The predicted molar refractivity (Wildman–Crippen MR) is 108 cm³/mol. The van der Waals surface area contributed by atoms with Crippen molar-refractivity contribution in [3.63, 3.8) is 0 Å². The zero-order valence-corrected chi connectivity index (χ0v) is 15.5. The maximum atomic E-state index is 12.3. The highest BCUT2D eigenvalue weighted by atomic mass is 16.5. The topological polar surface area (TPSA) is 66.5 Å². The van der Waals surface area contributed by atoms with Crippen LogP contribution in [0.1, 0.15) is 25.7 Å². The first-order chi connectivity index (χ1) is 13.3. The van der Waals surface area contributed by atoms with E-state index in [1.54, 1.807) is 6.20 Å². The molecule has 3 heterocycles. The third-order valence-corrected chi connectivity index (χ3v) is 5.23. The van der Waals surface area contributed by atoms with Gasteiger partial charge < -0.3 is 20.3 Å². The van der Waals surface area contributed by atoms with E-state index in [1.807, 2.05) is 12.1 Å². The number of rotatable bonds is 5. The summed E-state index contributed by atoms with van der Waals surface area (Å²) in [6.07, 6.45) is 5.86. The Morgan fingerprint density at radius 1 is 1.00 bits per heavy atom. The molecule has 142 valence electrons. The van der Waals surface area contributed by atoms with Gasteiger partial charge >= 0.3 is 0 Å². The zero-order chi connectivity index (χ0) is 18.5. The molecule has 2 saturated heterocycles. The molecule has 0 aliphatic carbocycles. The van der Waals surface area contributed by atoms with E-state index in [1.165, 1.54) is 18.5 Å². The number of pyridine rings is 1. The van der Waals surface area contributed by atoms with E-state index in [0.29, 0.717) is 19.0 Å². The molecule has 1 aromatic heterocycles. The van der Waals surface area contributed by atoms with Crippen molar-refractivity contribution in [3.8, 4) is 0 Å². The molecule has 6 heteroatoms. The molecular formula is C21H26N4O2. The fourth-order valence-corrected chi connectivity index (χ4v) is 3.63. The Balaban J connectivity index is 1.32. The minimum atomic E-state index is 0.0208. The van der Waals surface area contributed by atoms with Crippen LogP contribution in [0.4, 0.5) is 22.9 Å². The molecule has 0 atom stereocenters. The van der Waals surface area contributed by atoms with Gasteiger partial charge in [0.05, 0.1) is 11.9 Å². The average molecular weight is 366 g/mol. The lowest BCUT2D eigenvalue weighted by Gasteiger charge is -2.21. The van der Waals surface area contributed by atoms with Gasteiger partial charge in [-0.3, -0.25) is 4.79 Å². The fraction of sp³-hybridized carbons (Fsp3) is 0.429. The predicted octanol–water partition coefficient (Wildman–Crippen LogP) is 3.79. The van der Waals surface area contributed by atoms with Crippen molar-refractivity contribution < 1.29 is 9.53 Å². The first kappa shape index (κ1) is 17.8. The van der Waals surface area contributed by atoms with E-state index in [9.17, 15) is 4.79 Å². The van der Waals surface area contributed by atoms with Crippen molar-refractivity contribution in [1.29, 1.82) is 0 Å². The molecule has 6 nitrogen and oxygen atoms in total. The minimum Gasteiger partial charge on any atom is -0.381 e. The van der Waals surface area contributed by atoms with E-state index >= 15 is 0 Å². The first-order valence-electron chi connectivity index (χ1n) is 9.75. The molecule has 2 N–H and O–H groups in total. The number of carbonyl (C=O) groups is 1. The number of aromatic nitrogens is 1. The van der Waals surface area contributed by atoms with Crippen LogP contribution in [-0.4, -0.2) is 37.2 Å². The van der Waals surface area contributed by atoms with Gasteiger partial charge in [0, 0.05) is 43.6 Å². The summed E-state index contributed by atoms with van der Waals surface area (Å²) in [5, 5.41) is 6.26. The minimum absolute atomic E-state index is 0.0208. The second-order valence-electron chi connectivity index (χ2n) is 7.17. The van der Waals surface area contributed by atoms with Crippen molar-refractivity contribution in [1.82, 2.24) is 4.98 Å². The number of ether oxygens (including phenoxy) is 1. The van der Waals surface area contributed by atoms with Gasteiger partial charge in [-0.15, -0.1) is 0 Å². The number of nitrogens with one attached hydrogen (secondary N) is 2. The van der Waals surface area contributed by atoms with Crippen LogP contribution in [0.15, 0.2) is 42.6 Å². The normalized spacial score (nSPS) is 17.7. The number of hydrogen-bond acceptors (Lipinski definition) is 5. The number of hydrogen-bond donors (Lipinski definition) is 2. The highest BCUT2D eigenvalue weighted by Crippen LogP contribution is 2.24. The molecule has 0 unspecified atom stereocenters. The Bertz CT molecular complexity index is 749. The summed E-state index contributed by atoms with van der Waals surface area (Å²) in [5.41, 5.74) is 3.20. The van der Waals surface area contributed by atoms with Gasteiger partial charge in [-0.25, -0.2) is 4.98 Å². The van der Waals surface area contributed by atoms with E-state index in [0.717, 1.165) is 37.3 Å². The van der Waals surface area contributed by atoms with E-state index in [4.69, 9.17) is 4.74 Å². The molecule has 4 rings (SSSR count). The molecule has 2 fully saturated rings. The van der Waals surface area contributed by atoms with Crippen LogP contribution < -0.4 is 15.5 Å². The van der Waals surface area contributed by atoms with E-state index in [2.05, 4.69) is 44.8 Å². The second-order valence-corrected chi connectivity index (χ2v) is 7.17. The van der Waals surface area contributed by atoms with Crippen molar-refractivity contribution in [2.75, 3.05) is 41.8 Å². The highest BCUT2D eigenvalue weighted by molar-refractivity contribution is 5.91. The van der Waals surface area contributed by atoms with Crippen LogP contribution in [0.2, 0.25) is 0 Å². The van der Waals surface area contributed by atoms with Crippen LogP contribution in [0, 0.1) is 5.92 Å². The van der Waals surface area contributed by atoms with Crippen LogP contribution in [0.25, 0.3) is 0 Å². The Morgan fingerprint density at radius 2 is 1.70 bits per heavy atom. The molecule has 1 aromatic carbocycles. The van der Waals surface area contributed by atoms with Crippen LogP contribution >= 0.6 is 0 Å². The van der Waals surface area contributed by atoms with Crippen molar-refractivity contribution in [2.24, 2.45) is 5.92 Å². The Hall–Kier alpha value is -2.60. The smallest absolute Gasteiger partial charge is 0.228 e. The number of amides is 1. The standard InChI is InChI=1S/C21H26N4O2/c26-21(16-9-13-27-14-10-16)24-20-8-5-18(15-22-20)23-17-3-6-19(7-4-17)25-11-1-2-12-25/h3-8,15-16,23H,1-2,9-14H2,(H,22,24,26). The van der Waals surface area contributed by atoms with Crippen molar-refractivity contribution in [2.45, 2.75) is 25.7 Å². The Kier molecular flexibility index (Phi) is 5.53. The van der Waals surface area contributed by atoms with Gasteiger partial charge in [0.2, 0.25) is 5.91 Å². The number of nitrogens with zero attached hydrogens (tertiary/aromatic N) is 2. The second kappa shape index (κ2) is 8.39. The summed E-state index contributed by atoms with van der Waals surface area (Å²) >= 11 is 0. The van der Waals surface area contributed by atoms with E-state index in [-0.39, 0.29) is 11.8 Å². The monoisotopic (exact) mass is 366 g/mol. The Morgan fingerprint density at radius 3 is 2.37 bits per heavy atom. The SMILES string of the molecule is O=C(Nc1ccc(Nc2ccc(N3CCCC3)cc2)cn1)C1CCOCC1. The van der Waals surface area contributed by atoms with Gasteiger partial charge in [0.25, 0.3) is 0 Å². The summed E-state index contributed by atoms with van der Waals surface area (Å²) in [7, 11) is 0. The quantitative estimate of drug-likeness (QED) is 0.843. The number of carbonyl (C=O) groups excluding carboxylic acids is 1. The average Bonchev–Trinajstić information content (AvgIpc) is 3.26. The Labute approximate surface area is 159 Å². The van der Waals surface area contributed by atoms with Crippen LogP contribution in [0.5, 0.6) is 0 Å². The maximum absolute atomic E-state index is 12.3. The molecule has 0 saturated carbocycles. The molecule has 2 aromatic rings. The lowest BCUT2D eigenvalue weighted by atomic mass is 9.99. The van der Waals surface area contributed by atoms with Gasteiger partial charge in [-0.2, -0.15) is 0 Å². The van der Waals surface area contributed by atoms with Gasteiger partial charge in [-0.1, -0.05) is 0 Å². The molecule has 0 bridgehead atoms. The van der Waals surface area contributed by atoms with Gasteiger partial charge in [-0.05, 0) is 62.1 Å². The maximum Gasteiger partial charge on any atom is 0.228 e. The summed E-state index contributed by atoms with van der Waals surface area (Å²) < 4.78 is 5.30. The summed E-state index contributed by atoms with van der Waals surface area (Å²) in [5.74, 6) is 0.637. The molecule has 1 amide bonds. The summed E-state index contributed by atoms with van der Waals surface area (Å²) in [4.78, 5) is 19.0. The van der Waals surface area contributed by atoms with Crippen molar-refractivity contribution in [3.05, 3.63) is 42.6 Å². The van der Waals surface area contributed by atoms with Crippen LogP contribution in [0.3, 0.4) is 0 Å². The highest BCUT2D eigenvalue weighted by Gasteiger charge is 2.21. The van der Waals surface area contributed by atoms with Crippen molar-refractivity contribution >= 4 is 28.8 Å². The molecular weight excluding hydrogens is 340 g/mol. The third-order valence-electron chi connectivity index (χ3n) is 5.23. The molecule has 0 spiro atoms. The molecule has 2 aliphatic heterocycles. The lowest BCUT2D eigenvalue weighted by molar-refractivity contribution is -0.122. The molecule has 0 radical (unpaired) electrons. The van der Waals surface area contributed by atoms with Gasteiger partial charge in [0.15, 0.2) is 0 Å². The molecule has 2 aliphatic rings.